The van der Waals surface area contributed by atoms with Gasteiger partial charge in [0, 0.05) is 52.9 Å². The highest BCUT2D eigenvalue weighted by atomic mass is 19.4. The Morgan fingerprint density at radius 1 is 0.889 bits per heavy atom. The Kier molecular flexibility index (Phi) is 5.89. The topological polar surface area (TPSA) is 98.5 Å². The van der Waals surface area contributed by atoms with Gasteiger partial charge in [-0.15, -0.1) is 0 Å². The summed E-state index contributed by atoms with van der Waals surface area (Å²) in [5.41, 5.74) is 0.936. The van der Waals surface area contributed by atoms with Gasteiger partial charge in [0.2, 0.25) is 5.75 Å². The summed E-state index contributed by atoms with van der Waals surface area (Å²) in [7, 11) is 0. The first kappa shape index (κ1) is 23.8. The first-order valence-electron chi connectivity index (χ1n) is 11.6. The van der Waals surface area contributed by atoms with Crippen molar-refractivity contribution in [1.82, 2.24) is 5.32 Å². The monoisotopic (exact) mass is 498 g/mol. The molecule has 0 saturated heterocycles. The van der Waals surface area contributed by atoms with Crippen molar-refractivity contribution in [3.05, 3.63) is 86.2 Å². The SMILES string of the molecule is O=C1CCCC2=C1C(c1ccccc1Oc1ccc(C(F)(F)F)cc1[N+](=O)[O-])C1=C(CCCC1=O)N2. The van der Waals surface area contributed by atoms with Crippen molar-refractivity contribution in [2.75, 3.05) is 0 Å². The predicted molar refractivity (Wildman–Crippen MR) is 122 cm³/mol. The zero-order chi connectivity index (χ0) is 25.6. The molecule has 186 valence electrons. The number of carbonyl (C=O) groups is 2. The standard InChI is InChI=1S/C26H21F3N2O5/c27-26(28,29)14-11-12-22(18(13-14)31(34)35)36-21-10-2-1-5-15(21)23-24-16(6-3-8-19(24)32)30-17-7-4-9-20(33)25(17)23/h1-2,5,10-13,23,30H,3-4,6-9H2. The Bertz CT molecular complexity index is 1320. The van der Waals surface area contributed by atoms with Crippen LogP contribution >= 0.6 is 0 Å². The first-order chi connectivity index (χ1) is 17.1. The van der Waals surface area contributed by atoms with Crippen LogP contribution in [-0.2, 0) is 15.8 Å². The summed E-state index contributed by atoms with van der Waals surface area (Å²) in [6.07, 6.45) is -1.42. The number of allylic oxidation sites excluding steroid dienone is 4. The lowest BCUT2D eigenvalue weighted by atomic mass is 9.71. The number of hydrogen-bond acceptors (Lipinski definition) is 6. The molecule has 5 rings (SSSR count). The third-order valence-corrected chi connectivity index (χ3v) is 6.72. The number of ether oxygens (including phenoxy) is 1. The van der Waals surface area contributed by atoms with Gasteiger partial charge in [0.15, 0.2) is 11.6 Å². The Morgan fingerprint density at radius 2 is 1.50 bits per heavy atom. The highest BCUT2D eigenvalue weighted by Gasteiger charge is 2.41. The summed E-state index contributed by atoms with van der Waals surface area (Å²) in [5, 5.41) is 14.9. The molecule has 2 aliphatic carbocycles. The van der Waals surface area contributed by atoms with Crippen molar-refractivity contribution < 1.29 is 32.4 Å². The number of benzene rings is 2. The van der Waals surface area contributed by atoms with Crippen LogP contribution in [-0.4, -0.2) is 16.5 Å². The highest BCUT2D eigenvalue weighted by Crippen LogP contribution is 2.48. The molecule has 36 heavy (non-hydrogen) atoms. The van der Waals surface area contributed by atoms with Gasteiger partial charge in [0.25, 0.3) is 0 Å². The molecule has 0 atom stereocenters. The third-order valence-electron chi connectivity index (χ3n) is 6.72. The van der Waals surface area contributed by atoms with Crippen LogP contribution in [0.2, 0.25) is 0 Å². The van der Waals surface area contributed by atoms with Crippen LogP contribution in [0.15, 0.2) is 65.0 Å². The van der Waals surface area contributed by atoms with Crippen molar-refractivity contribution in [2.24, 2.45) is 0 Å². The molecule has 0 unspecified atom stereocenters. The Morgan fingerprint density at radius 3 is 2.08 bits per heavy atom. The molecule has 2 aromatic carbocycles. The minimum atomic E-state index is -4.76. The molecule has 7 nitrogen and oxygen atoms in total. The van der Waals surface area contributed by atoms with Gasteiger partial charge >= 0.3 is 11.9 Å². The van der Waals surface area contributed by atoms with E-state index < -0.39 is 28.3 Å². The predicted octanol–water partition coefficient (Wildman–Crippen LogP) is 6.11. The molecule has 2 aromatic rings. The van der Waals surface area contributed by atoms with Crippen molar-refractivity contribution >= 4 is 17.3 Å². The van der Waals surface area contributed by atoms with E-state index in [0.717, 1.165) is 17.5 Å². The number of hydrogen-bond donors (Lipinski definition) is 1. The number of nitrogens with one attached hydrogen (secondary N) is 1. The van der Waals surface area contributed by atoms with Crippen molar-refractivity contribution in [2.45, 2.75) is 50.6 Å². The molecule has 1 aliphatic heterocycles. The molecule has 0 amide bonds. The quantitative estimate of drug-likeness (QED) is 0.404. The summed E-state index contributed by atoms with van der Waals surface area (Å²) in [6.45, 7) is 0. The summed E-state index contributed by atoms with van der Waals surface area (Å²) in [5.74, 6) is -1.14. The maximum absolute atomic E-state index is 13.1. The third kappa shape index (κ3) is 4.16. The van der Waals surface area contributed by atoms with E-state index in [-0.39, 0.29) is 23.1 Å². The van der Waals surface area contributed by atoms with Gasteiger partial charge in [0.1, 0.15) is 5.75 Å². The molecular formula is C26H21F3N2O5. The van der Waals surface area contributed by atoms with Crippen LogP contribution in [0, 0.1) is 10.1 Å². The number of ketones is 2. The zero-order valence-electron chi connectivity index (χ0n) is 19.0. The number of dihydropyridines is 1. The number of nitro groups is 1. The van der Waals surface area contributed by atoms with E-state index in [4.69, 9.17) is 4.74 Å². The largest absolute Gasteiger partial charge is 0.450 e. The number of carbonyl (C=O) groups excluding carboxylic acids is 2. The summed E-state index contributed by atoms with van der Waals surface area (Å²) < 4.78 is 45.3. The van der Waals surface area contributed by atoms with Crippen LogP contribution in [0.25, 0.3) is 0 Å². The molecule has 0 aromatic heterocycles. The highest BCUT2D eigenvalue weighted by molar-refractivity contribution is 6.06. The minimum Gasteiger partial charge on any atom is -0.450 e. The molecule has 3 aliphatic rings. The van der Waals surface area contributed by atoms with Crippen LogP contribution in [0.5, 0.6) is 11.5 Å². The Balaban J connectivity index is 1.64. The fourth-order valence-corrected chi connectivity index (χ4v) is 5.15. The van der Waals surface area contributed by atoms with E-state index in [1.54, 1.807) is 18.2 Å². The van der Waals surface area contributed by atoms with Crippen LogP contribution in [0.3, 0.4) is 0 Å². The summed E-state index contributed by atoms with van der Waals surface area (Å²) in [6, 6.07) is 8.58. The minimum absolute atomic E-state index is 0.0889. The van der Waals surface area contributed by atoms with Crippen molar-refractivity contribution in [3.63, 3.8) is 0 Å². The fraction of sp³-hybridized carbons (Fsp3) is 0.308. The number of halogens is 3. The van der Waals surface area contributed by atoms with E-state index in [0.29, 0.717) is 67.4 Å². The van der Waals surface area contributed by atoms with Crippen molar-refractivity contribution in [1.29, 1.82) is 0 Å². The molecule has 0 saturated carbocycles. The van der Waals surface area contributed by atoms with E-state index in [1.165, 1.54) is 6.07 Å². The average molecular weight is 498 g/mol. The molecule has 0 spiro atoms. The lowest BCUT2D eigenvalue weighted by Crippen LogP contribution is -2.36. The van der Waals surface area contributed by atoms with Gasteiger partial charge in [-0.05, 0) is 43.9 Å². The second-order valence-electron chi connectivity index (χ2n) is 8.97. The molecule has 10 heteroatoms. The van der Waals surface area contributed by atoms with Crippen LogP contribution < -0.4 is 10.1 Å². The second kappa shape index (κ2) is 8.92. The van der Waals surface area contributed by atoms with Gasteiger partial charge in [-0.2, -0.15) is 13.2 Å². The van der Waals surface area contributed by atoms with E-state index in [2.05, 4.69) is 5.32 Å². The molecule has 0 radical (unpaired) electrons. The number of nitro benzene ring substituents is 1. The van der Waals surface area contributed by atoms with Gasteiger partial charge in [-0.3, -0.25) is 19.7 Å². The van der Waals surface area contributed by atoms with E-state index in [9.17, 15) is 32.9 Å². The number of rotatable bonds is 4. The number of para-hydroxylation sites is 1. The zero-order valence-corrected chi connectivity index (χ0v) is 19.0. The van der Waals surface area contributed by atoms with Gasteiger partial charge < -0.3 is 10.1 Å². The average Bonchev–Trinajstić information content (AvgIpc) is 2.83. The molecule has 1 N–H and O–H groups in total. The molecule has 1 heterocycles. The van der Waals surface area contributed by atoms with E-state index >= 15 is 0 Å². The lowest BCUT2D eigenvalue weighted by Gasteiger charge is -2.37. The maximum atomic E-state index is 13.1. The number of nitrogens with zero attached hydrogens (tertiary/aromatic N) is 1. The first-order valence-corrected chi connectivity index (χ1v) is 11.6. The van der Waals surface area contributed by atoms with Gasteiger partial charge in [-0.25, -0.2) is 0 Å². The Labute approximate surface area is 203 Å². The van der Waals surface area contributed by atoms with Crippen LogP contribution in [0.1, 0.15) is 55.6 Å². The normalized spacial score (nSPS) is 18.5. The maximum Gasteiger partial charge on any atom is 0.416 e. The summed E-state index contributed by atoms with van der Waals surface area (Å²) in [4.78, 5) is 36.8. The fourth-order valence-electron chi connectivity index (χ4n) is 5.15. The van der Waals surface area contributed by atoms with Crippen LogP contribution in [0.4, 0.5) is 18.9 Å². The molecule has 0 bridgehead atoms. The van der Waals surface area contributed by atoms with Gasteiger partial charge in [-0.1, -0.05) is 18.2 Å². The molecule has 0 fully saturated rings. The Hall–Kier alpha value is -3.95. The smallest absolute Gasteiger partial charge is 0.416 e. The number of Topliss-reactive ketones (excluding diaryl/α,β-unsaturated/α-hetero) is 2. The number of alkyl halides is 3. The van der Waals surface area contributed by atoms with E-state index in [1.807, 2.05) is 0 Å². The second-order valence-corrected chi connectivity index (χ2v) is 8.97. The molecular weight excluding hydrogens is 477 g/mol. The lowest BCUT2D eigenvalue weighted by molar-refractivity contribution is -0.385. The van der Waals surface area contributed by atoms with Crippen molar-refractivity contribution in [3.8, 4) is 11.5 Å². The summed E-state index contributed by atoms with van der Waals surface area (Å²) >= 11 is 0. The van der Waals surface area contributed by atoms with Gasteiger partial charge in [0.05, 0.1) is 10.5 Å².